The van der Waals surface area contributed by atoms with E-state index in [1.54, 1.807) is 11.8 Å². The fourth-order valence-electron chi connectivity index (χ4n) is 3.53. The van der Waals surface area contributed by atoms with Gasteiger partial charge in [-0.2, -0.15) is 0 Å². The fraction of sp³-hybridized carbons (Fsp3) is 0.522. The van der Waals surface area contributed by atoms with Gasteiger partial charge in [-0.05, 0) is 50.8 Å². The molecule has 1 aromatic carbocycles. The SMILES string of the molecule is CCCN(C)c1nc(SCc2cccc(C(=O)NC[C@H]3CCCO3)c2)nc(C)c1C. The lowest BCUT2D eigenvalue weighted by Gasteiger charge is -2.20. The van der Waals surface area contributed by atoms with Crippen molar-refractivity contribution < 1.29 is 9.53 Å². The highest BCUT2D eigenvalue weighted by Crippen LogP contribution is 2.26. The van der Waals surface area contributed by atoms with Crippen LogP contribution in [0.2, 0.25) is 0 Å². The van der Waals surface area contributed by atoms with Gasteiger partial charge in [0.15, 0.2) is 5.16 Å². The Bertz CT molecular complexity index is 868. The van der Waals surface area contributed by atoms with Crippen molar-refractivity contribution in [3.63, 3.8) is 0 Å². The molecule has 1 saturated heterocycles. The highest BCUT2D eigenvalue weighted by molar-refractivity contribution is 7.98. The zero-order chi connectivity index (χ0) is 21.5. The van der Waals surface area contributed by atoms with Crippen LogP contribution in [0.4, 0.5) is 5.82 Å². The predicted octanol–water partition coefficient (Wildman–Crippen LogP) is 4.14. The second kappa shape index (κ2) is 10.8. The van der Waals surface area contributed by atoms with Gasteiger partial charge < -0.3 is 15.0 Å². The van der Waals surface area contributed by atoms with E-state index in [0.29, 0.717) is 17.9 Å². The Morgan fingerprint density at radius 3 is 2.90 bits per heavy atom. The number of thioether (sulfide) groups is 1. The molecule has 1 atom stereocenters. The van der Waals surface area contributed by atoms with Gasteiger partial charge in [0.05, 0.1) is 6.10 Å². The summed E-state index contributed by atoms with van der Waals surface area (Å²) in [7, 11) is 2.07. The zero-order valence-corrected chi connectivity index (χ0v) is 19.2. The molecular weight excluding hydrogens is 396 g/mol. The van der Waals surface area contributed by atoms with Crippen LogP contribution < -0.4 is 10.2 Å². The van der Waals surface area contributed by atoms with E-state index in [1.165, 1.54) is 0 Å². The first-order valence-corrected chi connectivity index (χ1v) is 11.6. The molecule has 1 aliphatic rings. The van der Waals surface area contributed by atoms with Crippen LogP contribution in [0.15, 0.2) is 29.4 Å². The molecule has 2 aromatic rings. The number of hydrogen-bond acceptors (Lipinski definition) is 6. The minimum atomic E-state index is -0.0525. The number of nitrogens with zero attached hydrogens (tertiary/aromatic N) is 3. The van der Waals surface area contributed by atoms with Gasteiger partial charge in [0.1, 0.15) is 5.82 Å². The molecule has 0 spiro atoms. The highest BCUT2D eigenvalue weighted by Gasteiger charge is 2.17. The molecule has 6 nitrogen and oxygen atoms in total. The predicted molar refractivity (Wildman–Crippen MR) is 122 cm³/mol. The second-order valence-electron chi connectivity index (χ2n) is 7.80. The van der Waals surface area contributed by atoms with Crippen molar-refractivity contribution in [2.24, 2.45) is 0 Å². The molecule has 30 heavy (non-hydrogen) atoms. The first-order valence-electron chi connectivity index (χ1n) is 10.7. The number of anilines is 1. The standard InChI is InChI=1S/C23H32N4O2S/c1-5-11-27(4)21-16(2)17(3)25-23(26-21)30-15-18-8-6-9-19(13-18)22(28)24-14-20-10-7-12-29-20/h6,8-9,13,20H,5,7,10-12,14-15H2,1-4H3,(H,24,28)/t20-/m1/s1. The lowest BCUT2D eigenvalue weighted by molar-refractivity contribution is 0.0857. The molecule has 2 heterocycles. The minimum absolute atomic E-state index is 0.0525. The van der Waals surface area contributed by atoms with Gasteiger partial charge in [-0.15, -0.1) is 0 Å². The number of aryl methyl sites for hydroxylation is 1. The molecule has 162 valence electrons. The smallest absolute Gasteiger partial charge is 0.251 e. The van der Waals surface area contributed by atoms with E-state index < -0.39 is 0 Å². The minimum Gasteiger partial charge on any atom is -0.376 e. The van der Waals surface area contributed by atoms with Gasteiger partial charge >= 0.3 is 0 Å². The zero-order valence-electron chi connectivity index (χ0n) is 18.4. The molecule has 1 aromatic heterocycles. The van der Waals surface area contributed by atoms with Crippen LogP contribution in [0.5, 0.6) is 0 Å². The van der Waals surface area contributed by atoms with Gasteiger partial charge in [-0.3, -0.25) is 4.79 Å². The second-order valence-corrected chi connectivity index (χ2v) is 8.74. The summed E-state index contributed by atoms with van der Waals surface area (Å²) in [4.78, 5) is 24.1. The Hall–Kier alpha value is -2.12. The van der Waals surface area contributed by atoms with Crippen LogP contribution in [0, 0.1) is 13.8 Å². The maximum absolute atomic E-state index is 12.5. The van der Waals surface area contributed by atoms with Crippen molar-refractivity contribution in [1.29, 1.82) is 0 Å². The number of carbonyl (C=O) groups is 1. The topological polar surface area (TPSA) is 67.4 Å². The number of hydrogen-bond donors (Lipinski definition) is 1. The largest absolute Gasteiger partial charge is 0.376 e. The molecule has 1 N–H and O–H groups in total. The maximum atomic E-state index is 12.5. The first kappa shape index (κ1) is 22.6. The number of nitrogens with one attached hydrogen (secondary N) is 1. The monoisotopic (exact) mass is 428 g/mol. The Balaban J connectivity index is 1.63. The molecule has 0 saturated carbocycles. The third-order valence-corrected chi connectivity index (χ3v) is 6.25. The number of carbonyl (C=O) groups excluding carboxylic acids is 1. The van der Waals surface area contributed by atoms with Crippen LogP contribution in [-0.4, -0.2) is 48.7 Å². The van der Waals surface area contributed by atoms with Gasteiger partial charge in [0.25, 0.3) is 5.91 Å². The summed E-state index contributed by atoms with van der Waals surface area (Å²) in [5, 5.41) is 3.75. The average Bonchev–Trinajstić information content (AvgIpc) is 3.26. The number of amides is 1. The molecule has 0 aliphatic carbocycles. The van der Waals surface area contributed by atoms with Crippen molar-refractivity contribution in [2.45, 2.75) is 57.0 Å². The first-order chi connectivity index (χ1) is 14.5. The Morgan fingerprint density at radius 2 is 2.17 bits per heavy atom. The summed E-state index contributed by atoms with van der Waals surface area (Å²) in [6, 6.07) is 7.76. The van der Waals surface area contributed by atoms with E-state index in [1.807, 2.05) is 31.2 Å². The van der Waals surface area contributed by atoms with E-state index in [0.717, 1.165) is 60.2 Å². The summed E-state index contributed by atoms with van der Waals surface area (Å²) < 4.78 is 5.57. The fourth-order valence-corrected chi connectivity index (χ4v) is 4.36. The molecule has 0 radical (unpaired) electrons. The van der Waals surface area contributed by atoms with Crippen molar-refractivity contribution in [2.75, 3.05) is 31.6 Å². The number of benzene rings is 1. The Morgan fingerprint density at radius 1 is 1.33 bits per heavy atom. The van der Waals surface area contributed by atoms with Gasteiger partial charge in [-0.25, -0.2) is 9.97 Å². The summed E-state index contributed by atoms with van der Waals surface area (Å²) in [6.07, 6.45) is 3.31. The van der Waals surface area contributed by atoms with Crippen molar-refractivity contribution in [3.05, 3.63) is 46.6 Å². The lowest BCUT2D eigenvalue weighted by Crippen LogP contribution is -2.31. The maximum Gasteiger partial charge on any atom is 0.251 e. The quantitative estimate of drug-likeness (QED) is 0.478. The van der Waals surface area contributed by atoms with Crippen LogP contribution in [0.1, 0.15) is 53.4 Å². The van der Waals surface area contributed by atoms with E-state index in [-0.39, 0.29) is 12.0 Å². The van der Waals surface area contributed by atoms with Crippen LogP contribution in [0.25, 0.3) is 0 Å². The molecule has 0 bridgehead atoms. The summed E-state index contributed by atoms with van der Waals surface area (Å²) >= 11 is 1.60. The van der Waals surface area contributed by atoms with Gasteiger partial charge in [0, 0.05) is 49.3 Å². The van der Waals surface area contributed by atoms with Crippen molar-refractivity contribution in [1.82, 2.24) is 15.3 Å². The van der Waals surface area contributed by atoms with Gasteiger partial charge in [-0.1, -0.05) is 30.8 Å². The van der Waals surface area contributed by atoms with E-state index >= 15 is 0 Å². The van der Waals surface area contributed by atoms with Gasteiger partial charge in [0.2, 0.25) is 0 Å². The molecule has 1 aliphatic heterocycles. The molecular formula is C23H32N4O2S. The third-order valence-electron chi connectivity index (χ3n) is 5.33. The molecule has 7 heteroatoms. The van der Waals surface area contributed by atoms with E-state index in [9.17, 15) is 4.79 Å². The number of aromatic nitrogens is 2. The summed E-state index contributed by atoms with van der Waals surface area (Å²) in [5.41, 5.74) is 3.89. The summed E-state index contributed by atoms with van der Waals surface area (Å²) in [6.45, 7) is 8.60. The van der Waals surface area contributed by atoms with E-state index in [4.69, 9.17) is 9.72 Å². The van der Waals surface area contributed by atoms with Crippen molar-refractivity contribution >= 4 is 23.5 Å². The molecule has 1 fully saturated rings. The van der Waals surface area contributed by atoms with Crippen LogP contribution in [0.3, 0.4) is 0 Å². The average molecular weight is 429 g/mol. The molecule has 0 unspecified atom stereocenters. The number of ether oxygens (including phenoxy) is 1. The normalized spacial score (nSPS) is 15.9. The summed E-state index contributed by atoms with van der Waals surface area (Å²) in [5.74, 6) is 1.66. The van der Waals surface area contributed by atoms with Crippen molar-refractivity contribution in [3.8, 4) is 0 Å². The third kappa shape index (κ3) is 5.95. The Labute approximate surface area is 183 Å². The van der Waals surface area contributed by atoms with Crippen LogP contribution >= 0.6 is 11.8 Å². The number of rotatable bonds is 9. The lowest BCUT2D eigenvalue weighted by atomic mass is 10.1. The highest BCUT2D eigenvalue weighted by atomic mass is 32.2. The van der Waals surface area contributed by atoms with Crippen LogP contribution in [-0.2, 0) is 10.5 Å². The molecule has 3 rings (SSSR count). The van der Waals surface area contributed by atoms with E-state index in [2.05, 4.69) is 36.1 Å². The molecule has 1 amide bonds. The Kier molecular flexibility index (Phi) is 8.10.